The van der Waals surface area contributed by atoms with Gasteiger partial charge < -0.3 is 15.0 Å². The Morgan fingerprint density at radius 2 is 1.93 bits per heavy atom. The molecule has 1 fully saturated rings. The SMILES string of the molecule is Cc1cccc(NC(=S)N(CCN2CCOCC2)Cc2ccncc2)c1C. The Hall–Kier alpha value is -2.02. The topological polar surface area (TPSA) is 40.6 Å². The van der Waals surface area contributed by atoms with E-state index >= 15 is 0 Å². The van der Waals surface area contributed by atoms with Crippen LogP contribution in [0.5, 0.6) is 0 Å². The Kier molecular flexibility index (Phi) is 7.15. The molecule has 2 heterocycles. The highest BCUT2D eigenvalue weighted by molar-refractivity contribution is 7.80. The van der Waals surface area contributed by atoms with Gasteiger partial charge in [-0.3, -0.25) is 9.88 Å². The molecule has 144 valence electrons. The second-order valence-corrected chi connectivity index (χ2v) is 7.30. The Balaban J connectivity index is 1.69. The summed E-state index contributed by atoms with van der Waals surface area (Å²) in [7, 11) is 0. The normalized spacial score (nSPS) is 14.7. The zero-order valence-electron chi connectivity index (χ0n) is 16.1. The van der Waals surface area contributed by atoms with Gasteiger partial charge in [0, 0.05) is 50.8 Å². The molecule has 0 spiro atoms. The summed E-state index contributed by atoms with van der Waals surface area (Å²) >= 11 is 5.78. The highest BCUT2D eigenvalue weighted by Gasteiger charge is 2.16. The molecule has 0 saturated carbocycles. The second kappa shape index (κ2) is 9.78. The zero-order valence-corrected chi connectivity index (χ0v) is 17.0. The average Bonchev–Trinajstić information content (AvgIpc) is 2.70. The van der Waals surface area contributed by atoms with Crippen LogP contribution >= 0.6 is 12.2 Å². The number of morpholine rings is 1. The number of hydrogen-bond donors (Lipinski definition) is 1. The van der Waals surface area contributed by atoms with Crippen molar-refractivity contribution >= 4 is 23.0 Å². The zero-order chi connectivity index (χ0) is 19.1. The number of hydrogen-bond acceptors (Lipinski definition) is 4. The van der Waals surface area contributed by atoms with Crippen molar-refractivity contribution < 1.29 is 4.74 Å². The number of pyridine rings is 1. The van der Waals surface area contributed by atoms with Crippen molar-refractivity contribution in [3.05, 3.63) is 59.4 Å². The van der Waals surface area contributed by atoms with Crippen LogP contribution in [0.15, 0.2) is 42.7 Å². The van der Waals surface area contributed by atoms with Crippen LogP contribution in [0.1, 0.15) is 16.7 Å². The molecule has 1 aromatic heterocycles. The Morgan fingerprint density at radius 1 is 1.19 bits per heavy atom. The lowest BCUT2D eigenvalue weighted by Crippen LogP contribution is -2.44. The molecule has 0 bridgehead atoms. The first-order valence-corrected chi connectivity index (χ1v) is 9.85. The van der Waals surface area contributed by atoms with E-state index in [1.54, 1.807) is 0 Å². The van der Waals surface area contributed by atoms with Crippen LogP contribution in [0.3, 0.4) is 0 Å². The van der Waals surface area contributed by atoms with Crippen molar-refractivity contribution in [3.8, 4) is 0 Å². The van der Waals surface area contributed by atoms with Crippen molar-refractivity contribution in [1.29, 1.82) is 0 Å². The standard InChI is InChI=1S/C21H28N4OS/c1-17-4-3-5-20(18(17)2)23-21(27)25(16-19-6-8-22-9-7-19)11-10-24-12-14-26-15-13-24/h3-9H,10-16H2,1-2H3,(H,23,27). The number of aromatic nitrogens is 1. The summed E-state index contributed by atoms with van der Waals surface area (Å²) in [6.07, 6.45) is 3.66. The van der Waals surface area contributed by atoms with Crippen molar-refractivity contribution in [2.45, 2.75) is 20.4 Å². The van der Waals surface area contributed by atoms with E-state index in [1.807, 2.05) is 24.5 Å². The maximum absolute atomic E-state index is 5.78. The Labute approximate surface area is 167 Å². The van der Waals surface area contributed by atoms with Crippen LogP contribution in [0.4, 0.5) is 5.69 Å². The fraction of sp³-hybridized carbons (Fsp3) is 0.429. The lowest BCUT2D eigenvalue weighted by Gasteiger charge is -2.31. The quantitative estimate of drug-likeness (QED) is 0.771. The smallest absolute Gasteiger partial charge is 0.173 e. The number of anilines is 1. The summed E-state index contributed by atoms with van der Waals surface area (Å²) in [6.45, 7) is 10.5. The third-order valence-electron chi connectivity index (χ3n) is 5.05. The van der Waals surface area contributed by atoms with Gasteiger partial charge in [0.25, 0.3) is 0 Å². The number of aryl methyl sites for hydroxylation is 1. The van der Waals surface area contributed by atoms with Gasteiger partial charge in [0.1, 0.15) is 0 Å². The summed E-state index contributed by atoms with van der Waals surface area (Å²) in [5, 5.41) is 4.22. The monoisotopic (exact) mass is 384 g/mol. The van der Waals surface area contributed by atoms with Crippen molar-refractivity contribution in [2.75, 3.05) is 44.7 Å². The molecular weight excluding hydrogens is 356 g/mol. The number of rotatable bonds is 6. The first-order chi connectivity index (χ1) is 13.1. The van der Waals surface area contributed by atoms with Gasteiger partial charge in [-0.05, 0) is 61.0 Å². The summed E-state index contributed by atoms with van der Waals surface area (Å²) < 4.78 is 5.45. The summed E-state index contributed by atoms with van der Waals surface area (Å²) in [5.41, 5.74) is 4.77. The fourth-order valence-electron chi connectivity index (χ4n) is 3.13. The van der Waals surface area contributed by atoms with Gasteiger partial charge in [-0.15, -0.1) is 0 Å². The Morgan fingerprint density at radius 3 is 2.67 bits per heavy atom. The van der Waals surface area contributed by atoms with Gasteiger partial charge >= 0.3 is 0 Å². The highest BCUT2D eigenvalue weighted by atomic mass is 32.1. The maximum atomic E-state index is 5.78. The molecule has 0 unspecified atom stereocenters. The molecule has 5 nitrogen and oxygen atoms in total. The van der Waals surface area contributed by atoms with E-state index < -0.39 is 0 Å². The van der Waals surface area contributed by atoms with Crippen LogP contribution in [-0.2, 0) is 11.3 Å². The van der Waals surface area contributed by atoms with Gasteiger partial charge in [0.2, 0.25) is 0 Å². The van der Waals surface area contributed by atoms with E-state index in [2.05, 4.69) is 52.1 Å². The number of ether oxygens (including phenoxy) is 1. The minimum atomic E-state index is 0.758. The molecule has 0 amide bonds. The van der Waals surface area contributed by atoms with Crippen LogP contribution in [0.2, 0.25) is 0 Å². The largest absolute Gasteiger partial charge is 0.379 e. The number of benzene rings is 1. The van der Waals surface area contributed by atoms with E-state index in [0.717, 1.165) is 56.7 Å². The molecule has 2 aromatic rings. The molecule has 0 atom stereocenters. The van der Waals surface area contributed by atoms with Crippen molar-refractivity contribution in [3.63, 3.8) is 0 Å². The molecule has 1 aliphatic rings. The van der Waals surface area contributed by atoms with Gasteiger partial charge in [-0.25, -0.2) is 0 Å². The molecule has 1 aromatic carbocycles. The van der Waals surface area contributed by atoms with E-state index in [9.17, 15) is 0 Å². The number of thiocarbonyl (C=S) groups is 1. The van der Waals surface area contributed by atoms with Crippen LogP contribution in [0, 0.1) is 13.8 Å². The molecule has 6 heteroatoms. The van der Waals surface area contributed by atoms with Crippen LogP contribution in [0.25, 0.3) is 0 Å². The summed E-state index contributed by atoms with van der Waals surface area (Å²) in [5.74, 6) is 0. The first kappa shape index (κ1) is 19.7. The minimum absolute atomic E-state index is 0.758. The lowest BCUT2D eigenvalue weighted by molar-refractivity contribution is 0.0358. The van der Waals surface area contributed by atoms with Crippen molar-refractivity contribution in [2.24, 2.45) is 0 Å². The van der Waals surface area contributed by atoms with Crippen molar-refractivity contribution in [1.82, 2.24) is 14.8 Å². The molecule has 1 saturated heterocycles. The predicted octanol–water partition coefficient (Wildman–Crippen LogP) is 3.23. The fourth-order valence-corrected chi connectivity index (χ4v) is 3.39. The molecule has 0 aliphatic carbocycles. The van der Waals surface area contributed by atoms with Crippen LogP contribution in [-0.4, -0.2) is 59.3 Å². The highest BCUT2D eigenvalue weighted by Crippen LogP contribution is 2.19. The minimum Gasteiger partial charge on any atom is -0.379 e. The lowest BCUT2D eigenvalue weighted by atomic mass is 10.1. The number of nitrogens with one attached hydrogen (secondary N) is 1. The van der Waals surface area contributed by atoms with E-state index in [-0.39, 0.29) is 0 Å². The van der Waals surface area contributed by atoms with Gasteiger partial charge in [-0.1, -0.05) is 12.1 Å². The van der Waals surface area contributed by atoms with E-state index in [0.29, 0.717) is 0 Å². The first-order valence-electron chi connectivity index (χ1n) is 9.44. The third-order valence-corrected chi connectivity index (χ3v) is 5.41. The molecule has 0 radical (unpaired) electrons. The maximum Gasteiger partial charge on any atom is 0.173 e. The van der Waals surface area contributed by atoms with E-state index in [4.69, 9.17) is 17.0 Å². The average molecular weight is 385 g/mol. The molecule has 3 rings (SSSR count). The molecular formula is C21H28N4OS. The van der Waals surface area contributed by atoms with Gasteiger partial charge in [0.15, 0.2) is 5.11 Å². The summed E-state index contributed by atoms with van der Waals surface area (Å²) in [4.78, 5) is 8.79. The van der Waals surface area contributed by atoms with E-state index in [1.165, 1.54) is 16.7 Å². The number of nitrogens with zero attached hydrogens (tertiary/aromatic N) is 3. The molecule has 1 aliphatic heterocycles. The third kappa shape index (κ3) is 5.73. The van der Waals surface area contributed by atoms with Crippen LogP contribution < -0.4 is 5.32 Å². The van der Waals surface area contributed by atoms with Gasteiger partial charge in [0.05, 0.1) is 13.2 Å². The van der Waals surface area contributed by atoms with Gasteiger partial charge in [-0.2, -0.15) is 0 Å². The molecule has 1 N–H and O–H groups in total. The predicted molar refractivity (Wildman–Crippen MR) is 114 cm³/mol. The Bertz CT molecular complexity index is 747. The molecule has 27 heavy (non-hydrogen) atoms. The second-order valence-electron chi connectivity index (χ2n) is 6.91. The summed E-state index contributed by atoms with van der Waals surface area (Å²) in [6, 6.07) is 10.4.